The fourth-order valence-electron chi connectivity index (χ4n) is 1.91. The van der Waals surface area contributed by atoms with Crippen LogP contribution >= 0.6 is 0 Å². The number of hydrogen-bond acceptors (Lipinski definition) is 2. The lowest BCUT2D eigenvalue weighted by Crippen LogP contribution is -2.23. The maximum atomic E-state index is 12.8. The molecule has 0 bridgehead atoms. The van der Waals surface area contributed by atoms with Gasteiger partial charge in [-0.25, -0.2) is 4.39 Å². The molecule has 104 valence electrons. The van der Waals surface area contributed by atoms with Crippen LogP contribution in [-0.4, -0.2) is 11.9 Å². The largest absolute Gasteiger partial charge is 0.483 e. The highest BCUT2D eigenvalue weighted by Crippen LogP contribution is 2.16. The van der Waals surface area contributed by atoms with Gasteiger partial charge in [0.05, 0.1) is 0 Å². The van der Waals surface area contributed by atoms with Gasteiger partial charge in [-0.2, -0.15) is 0 Å². The van der Waals surface area contributed by atoms with Crippen LogP contribution in [0.3, 0.4) is 0 Å². The summed E-state index contributed by atoms with van der Waals surface area (Å²) >= 11 is 0. The lowest BCUT2D eigenvalue weighted by molar-refractivity contribution is 0.0818. The second-order valence-electron chi connectivity index (χ2n) is 4.63. The summed E-state index contributed by atoms with van der Waals surface area (Å²) in [5, 5.41) is 0. The molecular weight excluding hydrogens is 255 g/mol. The molecule has 0 heterocycles. The van der Waals surface area contributed by atoms with Gasteiger partial charge in [0.15, 0.2) is 6.10 Å². The van der Waals surface area contributed by atoms with Gasteiger partial charge < -0.3 is 4.74 Å². The van der Waals surface area contributed by atoms with Crippen LogP contribution in [0.1, 0.15) is 29.8 Å². The van der Waals surface area contributed by atoms with E-state index in [2.05, 4.69) is 6.92 Å². The Balaban J connectivity index is 2.04. The topological polar surface area (TPSA) is 26.3 Å². The number of Topliss-reactive ketones (excluding diaryl/α,β-unsaturated/α-hetero) is 1. The number of halogens is 1. The SMILES string of the molecule is CCc1ccc(OC(C)C(=O)c2ccc(F)cc2)cc1. The first-order chi connectivity index (χ1) is 9.60. The van der Waals surface area contributed by atoms with Gasteiger partial charge in [-0.05, 0) is 55.3 Å². The van der Waals surface area contributed by atoms with Crippen molar-refractivity contribution in [2.24, 2.45) is 0 Å². The van der Waals surface area contributed by atoms with Crippen LogP contribution in [0.5, 0.6) is 5.75 Å². The minimum absolute atomic E-state index is 0.162. The van der Waals surface area contributed by atoms with E-state index in [0.29, 0.717) is 11.3 Å². The number of hydrogen-bond donors (Lipinski definition) is 0. The van der Waals surface area contributed by atoms with E-state index in [-0.39, 0.29) is 11.6 Å². The lowest BCUT2D eigenvalue weighted by Gasteiger charge is -2.14. The van der Waals surface area contributed by atoms with E-state index in [4.69, 9.17) is 4.74 Å². The zero-order chi connectivity index (χ0) is 14.5. The fraction of sp³-hybridized carbons (Fsp3) is 0.235. The van der Waals surface area contributed by atoms with Gasteiger partial charge in [0.1, 0.15) is 11.6 Å². The van der Waals surface area contributed by atoms with Gasteiger partial charge in [-0.1, -0.05) is 19.1 Å². The molecule has 2 rings (SSSR count). The highest BCUT2D eigenvalue weighted by molar-refractivity contribution is 5.99. The summed E-state index contributed by atoms with van der Waals surface area (Å²) in [5.41, 5.74) is 1.67. The first-order valence-electron chi connectivity index (χ1n) is 6.65. The van der Waals surface area contributed by atoms with Gasteiger partial charge in [0.2, 0.25) is 5.78 Å². The van der Waals surface area contributed by atoms with E-state index in [1.165, 1.54) is 29.8 Å². The van der Waals surface area contributed by atoms with Crippen molar-refractivity contribution in [3.05, 3.63) is 65.5 Å². The van der Waals surface area contributed by atoms with E-state index < -0.39 is 6.10 Å². The Labute approximate surface area is 118 Å². The summed E-state index contributed by atoms with van der Waals surface area (Å²) in [4.78, 5) is 12.1. The molecule has 2 aromatic carbocycles. The molecule has 0 aliphatic heterocycles. The van der Waals surface area contributed by atoms with E-state index in [1.54, 1.807) is 6.92 Å². The first kappa shape index (κ1) is 14.3. The minimum atomic E-state index is -0.604. The summed E-state index contributed by atoms with van der Waals surface area (Å²) in [6.07, 6.45) is 0.359. The van der Waals surface area contributed by atoms with E-state index in [0.717, 1.165) is 6.42 Å². The monoisotopic (exact) mass is 272 g/mol. The Kier molecular flexibility index (Phi) is 4.51. The molecule has 20 heavy (non-hydrogen) atoms. The quantitative estimate of drug-likeness (QED) is 0.768. The lowest BCUT2D eigenvalue weighted by atomic mass is 10.1. The molecule has 1 unspecified atom stereocenters. The number of ketones is 1. The number of carbonyl (C=O) groups excluding carboxylic acids is 1. The van der Waals surface area contributed by atoms with Gasteiger partial charge in [-0.15, -0.1) is 0 Å². The third-order valence-electron chi connectivity index (χ3n) is 3.14. The molecule has 0 fully saturated rings. The van der Waals surface area contributed by atoms with Crippen molar-refractivity contribution in [3.63, 3.8) is 0 Å². The van der Waals surface area contributed by atoms with Crippen LogP contribution in [0.4, 0.5) is 4.39 Å². The molecule has 0 aliphatic rings. The standard InChI is InChI=1S/C17H17FO2/c1-3-13-4-10-16(11-5-13)20-12(2)17(19)14-6-8-15(18)9-7-14/h4-12H,3H2,1-2H3. The molecule has 0 spiro atoms. The number of ether oxygens (including phenoxy) is 1. The summed E-state index contributed by atoms with van der Waals surface area (Å²) < 4.78 is 18.4. The maximum Gasteiger partial charge on any atom is 0.202 e. The van der Waals surface area contributed by atoms with Crippen molar-refractivity contribution >= 4 is 5.78 Å². The third-order valence-corrected chi connectivity index (χ3v) is 3.14. The molecule has 1 atom stereocenters. The zero-order valence-corrected chi connectivity index (χ0v) is 11.6. The Bertz CT molecular complexity index is 573. The first-order valence-corrected chi connectivity index (χ1v) is 6.65. The second-order valence-corrected chi connectivity index (χ2v) is 4.63. The zero-order valence-electron chi connectivity index (χ0n) is 11.6. The number of aryl methyl sites for hydroxylation is 1. The molecule has 0 amide bonds. The van der Waals surface area contributed by atoms with Gasteiger partial charge >= 0.3 is 0 Å². The maximum absolute atomic E-state index is 12.8. The highest BCUT2D eigenvalue weighted by atomic mass is 19.1. The Morgan fingerprint density at radius 3 is 2.25 bits per heavy atom. The summed E-state index contributed by atoms with van der Waals surface area (Å²) in [6, 6.07) is 13.1. The predicted molar refractivity (Wildman–Crippen MR) is 76.6 cm³/mol. The van der Waals surface area contributed by atoms with Crippen LogP contribution < -0.4 is 4.74 Å². The van der Waals surface area contributed by atoms with Gasteiger partial charge in [0, 0.05) is 5.56 Å². The fourth-order valence-corrected chi connectivity index (χ4v) is 1.91. The summed E-state index contributed by atoms with van der Waals surface area (Å²) in [5.74, 6) is 0.139. The normalized spacial score (nSPS) is 11.9. The van der Waals surface area contributed by atoms with Gasteiger partial charge in [-0.3, -0.25) is 4.79 Å². The molecular formula is C17H17FO2. The van der Waals surface area contributed by atoms with Crippen LogP contribution in [0.2, 0.25) is 0 Å². The molecule has 0 aromatic heterocycles. The molecule has 2 aromatic rings. The smallest absolute Gasteiger partial charge is 0.202 e. The minimum Gasteiger partial charge on any atom is -0.483 e. The molecule has 0 saturated carbocycles. The number of benzene rings is 2. The Hall–Kier alpha value is -2.16. The Morgan fingerprint density at radius 1 is 1.10 bits per heavy atom. The Morgan fingerprint density at radius 2 is 1.70 bits per heavy atom. The van der Waals surface area contributed by atoms with Crippen molar-refractivity contribution in [3.8, 4) is 5.75 Å². The number of carbonyl (C=O) groups is 1. The third kappa shape index (κ3) is 3.44. The van der Waals surface area contributed by atoms with Gasteiger partial charge in [0.25, 0.3) is 0 Å². The average Bonchev–Trinajstić information content (AvgIpc) is 2.48. The molecule has 3 heteroatoms. The molecule has 0 N–H and O–H groups in total. The average molecular weight is 272 g/mol. The molecule has 2 nitrogen and oxygen atoms in total. The summed E-state index contributed by atoms with van der Waals surface area (Å²) in [6.45, 7) is 3.77. The molecule has 0 saturated heterocycles. The van der Waals surface area contributed by atoms with Crippen molar-refractivity contribution in [1.29, 1.82) is 0 Å². The summed E-state index contributed by atoms with van der Waals surface area (Å²) in [7, 11) is 0. The van der Waals surface area contributed by atoms with Crippen LogP contribution in [0, 0.1) is 5.82 Å². The van der Waals surface area contributed by atoms with Crippen LogP contribution in [0.15, 0.2) is 48.5 Å². The van der Waals surface area contributed by atoms with Crippen molar-refractivity contribution in [2.45, 2.75) is 26.4 Å². The van der Waals surface area contributed by atoms with Crippen molar-refractivity contribution in [1.82, 2.24) is 0 Å². The van der Waals surface area contributed by atoms with Crippen LogP contribution in [-0.2, 0) is 6.42 Å². The van der Waals surface area contributed by atoms with Crippen molar-refractivity contribution < 1.29 is 13.9 Å². The highest BCUT2D eigenvalue weighted by Gasteiger charge is 2.16. The van der Waals surface area contributed by atoms with E-state index in [1.807, 2.05) is 24.3 Å². The van der Waals surface area contributed by atoms with E-state index >= 15 is 0 Å². The van der Waals surface area contributed by atoms with E-state index in [9.17, 15) is 9.18 Å². The molecule has 0 aliphatic carbocycles. The van der Waals surface area contributed by atoms with Crippen LogP contribution in [0.25, 0.3) is 0 Å². The number of rotatable bonds is 5. The second kappa shape index (κ2) is 6.33. The molecule has 0 radical (unpaired) electrons. The van der Waals surface area contributed by atoms with Crippen molar-refractivity contribution in [2.75, 3.05) is 0 Å². The predicted octanol–water partition coefficient (Wildman–Crippen LogP) is 4.04.